The molecule has 4 heteroatoms. The van der Waals surface area contributed by atoms with Gasteiger partial charge in [-0.1, -0.05) is 6.07 Å². The van der Waals surface area contributed by atoms with Crippen molar-refractivity contribution in [3.05, 3.63) is 29.5 Å². The molecule has 1 aromatic carbocycles. The van der Waals surface area contributed by atoms with Crippen molar-refractivity contribution in [1.29, 1.82) is 0 Å². The SMILES string of the molecule is CCOc1ccc(C=C2CC(=O)CCO2)cc1OC. The van der Waals surface area contributed by atoms with E-state index in [-0.39, 0.29) is 5.78 Å². The summed E-state index contributed by atoms with van der Waals surface area (Å²) in [7, 11) is 1.61. The third kappa shape index (κ3) is 3.50. The number of benzene rings is 1. The highest BCUT2D eigenvalue weighted by atomic mass is 16.5. The Hall–Kier alpha value is -1.97. The van der Waals surface area contributed by atoms with E-state index in [9.17, 15) is 4.79 Å². The minimum Gasteiger partial charge on any atom is -0.497 e. The summed E-state index contributed by atoms with van der Waals surface area (Å²) in [5, 5.41) is 0. The van der Waals surface area contributed by atoms with Gasteiger partial charge in [0.2, 0.25) is 0 Å². The standard InChI is InChI=1S/C15H18O4/c1-3-18-14-5-4-11(9-15(14)17-2)8-13-10-12(16)6-7-19-13/h4-5,8-9H,3,6-7,10H2,1-2H3. The zero-order chi connectivity index (χ0) is 13.7. The van der Waals surface area contributed by atoms with Crippen LogP contribution in [0.2, 0.25) is 0 Å². The second kappa shape index (κ2) is 6.27. The summed E-state index contributed by atoms with van der Waals surface area (Å²) in [6.07, 6.45) is 2.74. The second-order valence-corrected chi connectivity index (χ2v) is 4.27. The zero-order valence-corrected chi connectivity index (χ0v) is 11.3. The molecular formula is C15H18O4. The lowest BCUT2D eigenvalue weighted by atomic mass is 10.1. The number of ketones is 1. The molecule has 2 rings (SSSR count). The van der Waals surface area contributed by atoms with Crippen LogP contribution in [0.4, 0.5) is 0 Å². The Balaban J connectivity index is 2.20. The van der Waals surface area contributed by atoms with E-state index in [4.69, 9.17) is 14.2 Å². The summed E-state index contributed by atoms with van der Waals surface area (Å²) in [6, 6.07) is 5.66. The van der Waals surface area contributed by atoms with Crippen molar-refractivity contribution in [2.75, 3.05) is 20.3 Å². The topological polar surface area (TPSA) is 44.8 Å². The van der Waals surface area contributed by atoms with E-state index in [1.54, 1.807) is 7.11 Å². The van der Waals surface area contributed by atoms with Crippen LogP contribution in [0.15, 0.2) is 24.0 Å². The minimum atomic E-state index is 0.218. The van der Waals surface area contributed by atoms with Crippen molar-refractivity contribution in [2.24, 2.45) is 0 Å². The second-order valence-electron chi connectivity index (χ2n) is 4.27. The van der Waals surface area contributed by atoms with E-state index in [0.717, 1.165) is 5.56 Å². The smallest absolute Gasteiger partial charge is 0.161 e. The highest BCUT2D eigenvalue weighted by Crippen LogP contribution is 2.29. The number of rotatable bonds is 4. The monoisotopic (exact) mass is 262 g/mol. The van der Waals surface area contributed by atoms with Crippen molar-refractivity contribution in [2.45, 2.75) is 19.8 Å². The van der Waals surface area contributed by atoms with Crippen LogP contribution >= 0.6 is 0 Å². The summed E-state index contributed by atoms with van der Waals surface area (Å²) >= 11 is 0. The first-order valence-corrected chi connectivity index (χ1v) is 6.39. The van der Waals surface area contributed by atoms with Crippen LogP contribution in [0.3, 0.4) is 0 Å². The lowest BCUT2D eigenvalue weighted by molar-refractivity contribution is -0.121. The summed E-state index contributed by atoms with van der Waals surface area (Å²) in [5.74, 6) is 2.32. The van der Waals surface area contributed by atoms with Gasteiger partial charge in [0.1, 0.15) is 11.5 Å². The Kier molecular flexibility index (Phi) is 4.44. The summed E-state index contributed by atoms with van der Waals surface area (Å²) in [6.45, 7) is 2.99. The summed E-state index contributed by atoms with van der Waals surface area (Å²) in [4.78, 5) is 11.4. The third-order valence-electron chi connectivity index (χ3n) is 2.85. The fourth-order valence-corrected chi connectivity index (χ4v) is 1.96. The minimum absolute atomic E-state index is 0.218. The molecule has 0 bridgehead atoms. The van der Waals surface area contributed by atoms with Gasteiger partial charge in [-0.25, -0.2) is 0 Å². The molecule has 0 amide bonds. The van der Waals surface area contributed by atoms with Gasteiger partial charge < -0.3 is 14.2 Å². The van der Waals surface area contributed by atoms with Gasteiger partial charge in [-0.2, -0.15) is 0 Å². The largest absolute Gasteiger partial charge is 0.497 e. The number of ether oxygens (including phenoxy) is 3. The van der Waals surface area contributed by atoms with Crippen molar-refractivity contribution in [3.8, 4) is 11.5 Å². The van der Waals surface area contributed by atoms with Crippen molar-refractivity contribution >= 4 is 11.9 Å². The number of carbonyl (C=O) groups is 1. The molecular weight excluding hydrogens is 244 g/mol. The first-order valence-electron chi connectivity index (χ1n) is 6.39. The van der Waals surface area contributed by atoms with E-state index in [1.165, 1.54) is 0 Å². The van der Waals surface area contributed by atoms with Crippen LogP contribution < -0.4 is 9.47 Å². The van der Waals surface area contributed by atoms with Crippen LogP contribution in [0.25, 0.3) is 6.08 Å². The molecule has 0 saturated carbocycles. The molecule has 19 heavy (non-hydrogen) atoms. The zero-order valence-electron chi connectivity index (χ0n) is 11.3. The number of hydrogen-bond donors (Lipinski definition) is 0. The molecule has 1 fully saturated rings. The normalized spacial score (nSPS) is 17.2. The molecule has 1 saturated heterocycles. The van der Waals surface area contributed by atoms with E-state index in [0.29, 0.717) is 43.3 Å². The Morgan fingerprint density at radius 1 is 1.37 bits per heavy atom. The first-order chi connectivity index (χ1) is 9.22. The van der Waals surface area contributed by atoms with Crippen LogP contribution in [0.1, 0.15) is 25.3 Å². The molecule has 0 unspecified atom stereocenters. The first kappa shape index (κ1) is 13.5. The molecule has 1 heterocycles. The van der Waals surface area contributed by atoms with Crippen LogP contribution in [-0.2, 0) is 9.53 Å². The molecule has 0 radical (unpaired) electrons. The van der Waals surface area contributed by atoms with Crippen molar-refractivity contribution < 1.29 is 19.0 Å². The number of hydrogen-bond acceptors (Lipinski definition) is 4. The molecule has 102 valence electrons. The van der Waals surface area contributed by atoms with Gasteiger partial charge in [0.25, 0.3) is 0 Å². The average molecular weight is 262 g/mol. The van der Waals surface area contributed by atoms with Gasteiger partial charge in [-0.15, -0.1) is 0 Å². The number of allylic oxidation sites excluding steroid dienone is 1. The fraction of sp³-hybridized carbons (Fsp3) is 0.400. The van der Waals surface area contributed by atoms with Gasteiger partial charge >= 0.3 is 0 Å². The summed E-state index contributed by atoms with van der Waals surface area (Å²) < 4.78 is 16.2. The van der Waals surface area contributed by atoms with Crippen LogP contribution in [-0.4, -0.2) is 26.1 Å². The molecule has 1 aliphatic rings. The maximum atomic E-state index is 11.4. The fourth-order valence-electron chi connectivity index (χ4n) is 1.96. The summed E-state index contributed by atoms with van der Waals surface area (Å²) in [5.41, 5.74) is 0.935. The maximum Gasteiger partial charge on any atom is 0.161 e. The highest BCUT2D eigenvalue weighted by molar-refractivity contribution is 5.82. The molecule has 1 aliphatic heterocycles. The maximum absolute atomic E-state index is 11.4. The van der Waals surface area contributed by atoms with E-state index >= 15 is 0 Å². The molecule has 0 atom stereocenters. The van der Waals surface area contributed by atoms with Crippen molar-refractivity contribution in [3.63, 3.8) is 0 Å². The van der Waals surface area contributed by atoms with E-state index < -0.39 is 0 Å². The highest BCUT2D eigenvalue weighted by Gasteiger charge is 2.14. The van der Waals surface area contributed by atoms with Gasteiger partial charge in [-0.05, 0) is 30.7 Å². The van der Waals surface area contributed by atoms with Crippen LogP contribution in [0.5, 0.6) is 11.5 Å². The number of carbonyl (C=O) groups excluding carboxylic acids is 1. The molecule has 0 N–H and O–H groups in total. The Morgan fingerprint density at radius 2 is 2.21 bits per heavy atom. The average Bonchev–Trinajstić information content (AvgIpc) is 2.41. The lowest BCUT2D eigenvalue weighted by Gasteiger charge is -2.15. The quantitative estimate of drug-likeness (QED) is 0.837. The molecule has 0 aliphatic carbocycles. The van der Waals surface area contributed by atoms with Gasteiger partial charge in [0, 0.05) is 6.42 Å². The predicted octanol–water partition coefficient (Wildman–Crippen LogP) is 2.81. The van der Waals surface area contributed by atoms with E-state index in [1.807, 2.05) is 31.2 Å². The van der Waals surface area contributed by atoms with Crippen LogP contribution in [0, 0.1) is 0 Å². The molecule has 1 aromatic rings. The van der Waals surface area contributed by atoms with Gasteiger partial charge in [0.15, 0.2) is 11.5 Å². The molecule has 0 spiro atoms. The van der Waals surface area contributed by atoms with Gasteiger partial charge in [0.05, 0.1) is 26.7 Å². The Labute approximate surface area is 113 Å². The Bertz CT molecular complexity index is 491. The van der Waals surface area contributed by atoms with Gasteiger partial charge in [-0.3, -0.25) is 4.79 Å². The number of methoxy groups -OCH3 is 1. The predicted molar refractivity (Wildman–Crippen MR) is 72.3 cm³/mol. The third-order valence-corrected chi connectivity index (χ3v) is 2.85. The molecule has 4 nitrogen and oxygen atoms in total. The lowest BCUT2D eigenvalue weighted by Crippen LogP contribution is -2.12. The van der Waals surface area contributed by atoms with E-state index in [2.05, 4.69) is 0 Å². The Morgan fingerprint density at radius 3 is 2.89 bits per heavy atom. The number of Topliss-reactive ketones (excluding diaryl/α,β-unsaturated/α-hetero) is 1. The molecule has 0 aromatic heterocycles. The van der Waals surface area contributed by atoms with Crippen molar-refractivity contribution in [1.82, 2.24) is 0 Å².